The van der Waals surface area contributed by atoms with Gasteiger partial charge < -0.3 is 10.2 Å². The molecule has 0 amide bonds. The van der Waals surface area contributed by atoms with E-state index in [-0.39, 0.29) is 36.0 Å². The highest BCUT2D eigenvalue weighted by Crippen LogP contribution is 2.64. The van der Waals surface area contributed by atoms with Crippen molar-refractivity contribution in [3.8, 4) is 5.75 Å². The zero-order valence-corrected chi connectivity index (χ0v) is 33.5. The van der Waals surface area contributed by atoms with Gasteiger partial charge in [-0.25, -0.2) is 0 Å². The first-order valence-corrected chi connectivity index (χ1v) is 20.0. The molecule has 2 fully saturated rings. The molecule has 2 N–H and O–H groups in total. The summed E-state index contributed by atoms with van der Waals surface area (Å²) in [5.74, 6) is -7.68. The lowest BCUT2D eigenvalue weighted by Crippen LogP contribution is -2.76. The summed E-state index contributed by atoms with van der Waals surface area (Å²) in [6, 6.07) is 12.6. The zero-order valence-electron chi connectivity index (χ0n) is 33.5. The molecule has 54 heavy (non-hydrogen) atoms. The third kappa shape index (κ3) is 6.28. The molecule has 0 saturated heterocycles. The molecule has 0 spiro atoms. The third-order valence-corrected chi connectivity index (χ3v) is 13.4. The van der Waals surface area contributed by atoms with Crippen LogP contribution >= 0.6 is 0 Å². The molecule has 2 aromatic rings. The first kappa shape index (κ1) is 39.7. The smallest absolute Gasteiger partial charge is 0.190 e. The number of hydrogen-bond donors (Lipinski definition) is 2. The van der Waals surface area contributed by atoms with Gasteiger partial charge in [0.05, 0.1) is 11.5 Å². The van der Waals surface area contributed by atoms with E-state index in [2.05, 4.69) is 44.2 Å². The molecule has 2 saturated carbocycles. The summed E-state index contributed by atoms with van der Waals surface area (Å²) in [6.45, 7) is 16.8. The summed E-state index contributed by atoms with van der Waals surface area (Å²) in [5.41, 5.74) is 0.413. The lowest BCUT2D eigenvalue weighted by molar-refractivity contribution is -0.205. The highest BCUT2D eigenvalue weighted by molar-refractivity contribution is 6.32. The van der Waals surface area contributed by atoms with Crippen LogP contribution in [0.4, 0.5) is 0 Å². The molecule has 0 bridgehead atoms. The number of aromatic hydroxyl groups is 1. The zero-order chi connectivity index (χ0) is 39.7. The van der Waals surface area contributed by atoms with E-state index in [1.165, 1.54) is 11.1 Å². The van der Waals surface area contributed by atoms with Gasteiger partial charge in [-0.15, -0.1) is 0 Å². The molecule has 7 atom stereocenters. The van der Waals surface area contributed by atoms with Crippen molar-refractivity contribution in [3.63, 3.8) is 0 Å². The number of hydrogen-bond acceptors (Lipinski definition) is 7. The molecule has 0 radical (unpaired) electrons. The van der Waals surface area contributed by atoms with E-state index in [1.807, 2.05) is 39.0 Å². The van der Waals surface area contributed by atoms with Gasteiger partial charge in [-0.2, -0.15) is 0 Å². The van der Waals surface area contributed by atoms with E-state index in [4.69, 9.17) is 0 Å². The topological polar surface area (TPSA) is 126 Å². The van der Waals surface area contributed by atoms with Crippen molar-refractivity contribution in [2.75, 3.05) is 0 Å². The SMILES string of the molecule is CC(=O)C1C(=O)C(C(C)C)[C@@]2(C)C[C@@]3(C)Cc4c(C(C)C)cc(C5=CC=C(CC(CCC(C)C)Cc6ccccc6)C5)c(O)c4C(=O)C3C(=O)[C@@]2(O)C1=O. The number of benzene rings is 2. The van der Waals surface area contributed by atoms with E-state index >= 15 is 0 Å². The summed E-state index contributed by atoms with van der Waals surface area (Å²) in [6.07, 6.45) is 9.25. The summed E-state index contributed by atoms with van der Waals surface area (Å²) in [5, 5.41) is 24.5. The predicted octanol–water partition coefficient (Wildman–Crippen LogP) is 8.62. The number of Topliss-reactive ketones (excluding diaryl/α,β-unsaturated/α-hetero) is 5. The molecule has 7 heteroatoms. The Morgan fingerprint density at radius 2 is 1.57 bits per heavy atom. The van der Waals surface area contributed by atoms with Crippen LogP contribution in [-0.2, 0) is 32.0 Å². The summed E-state index contributed by atoms with van der Waals surface area (Å²) >= 11 is 0. The Kier molecular flexibility index (Phi) is 10.5. The number of carbonyl (C=O) groups excluding carboxylic acids is 5. The molecule has 4 unspecified atom stereocenters. The summed E-state index contributed by atoms with van der Waals surface area (Å²) in [7, 11) is 0. The maximum Gasteiger partial charge on any atom is 0.190 e. The highest BCUT2D eigenvalue weighted by Gasteiger charge is 2.76. The number of rotatable bonds is 11. The number of carbonyl (C=O) groups is 5. The Balaban J connectivity index is 1.37. The molecule has 0 heterocycles. The molecule has 4 aliphatic carbocycles. The quantitative estimate of drug-likeness (QED) is 0.222. The molecule has 2 aromatic carbocycles. The van der Waals surface area contributed by atoms with Crippen LogP contribution in [0.5, 0.6) is 5.75 Å². The molecule has 288 valence electrons. The fraction of sp³-hybridized carbons (Fsp3) is 0.553. The minimum atomic E-state index is -2.71. The highest BCUT2D eigenvalue weighted by atomic mass is 16.3. The van der Waals surface area contributed by atoms with Gasteiger partial charge in [0.15, 0.2) is 28.7 Å². The van der Waals surface area contributed by atoms with Crippen LogP contribution < -0.4 is 0 Å². The fourth-order valence-electron chi connectivity index (χ4n) is 11.1. The molecular weight excluding hydrogens is 677 g/mol. The van der Waals surface area contributed by atoms with Gasteiger partial charge >= 0.3 is 0 Å². The van der Waals surface area contributed by atoms with Crippen LogP contribution in [-0.4, -0.2) is 44.7 Å². The largest absolute Gasteiger partial charge is 0.507 e. The molecule has 4 aliphatic rings. The lowest BCUT2D eigenvalue weighted by atomic mass is 9.39. The Morgan fingerprint density at radius 3 is 2.17 bits per heavy atom. The average molecular weight is 735 g/mol. The number of ketones is 5. The van der Waals surface area contributed by atoms with Gasteiger partial charge in [0.2, 0.25) is 0 Å². The summed E-state index contributed by atoms with van der Waals surface area (Å²) in [4.78, 5) is 70.4. The van der Waals surface area contributed by atoms with Gasteiger partial charge in [-0.3, -0.25) is 24.0 Å². The van der Waals surface area contributed by atoms with Gasteiger partial charge in [-0.05, 0) is 103 Å². The Labute approximate surface area is 320 Å². The monoisotopic (exact) mass is 734 g/mol. The number of phenolic OH excluding ortho intramolecular Hbond substituents is 1. The normalized spacial score (nSPS) is 30.0. The van der Waals surface area contributed by atoms with Crippen LogP contribution in [0.3, 0.4) is 0 Å². The van der Waals surface area contributed by atoms with Crippen LogP contribution in [0.15, 0.2) is 54.1 Å². The second-order valence-corrected chi connectivity index (χ2v) is 18.6. The van der Waals surface area contributed by atoms with Crippen molar-refractivity contribution in [1.29, 1.82) is 0 Å². The first-order valence-electron chi connectivity index (χ1n) is 20.0. The second-order valence-electron chi connectivity index (χ2n) is 18.6. The van der Waals surface area contributed by atoms with E-state index in [9.17, 15) is 34.2 Å². The molecule has 7 nitrogen and oxygen atoms in total. The van der Waals surface area contributed by atoms with Crippen LogP contribution in [0.2, 0.25) is 0 Å². The Bertz CT molecular complexity index is 1960. The van der Waals surface area contributed by atoms with Crippen molar-refractivity contribution < 1.29 is 34.2 Å². The second kappa shape index (κ2) is 14.3. The van der Waals surface area contributed by atoms with Gasteiger partial charge in [0.25, 0.3) is 0 Å². The Hall–Kier alpha value is -3.97. The predicted molar refractivity (Wildman–Crippen MR) is 210 cm³/mol. The van der Waals surface area contributed by atoms with Gasteiger partial charge in [-0.1, -0.05) is 110 Å². The van der Waals surface area contributed by atoms with Crippen molar-refractivity contribution in [2.45, 2.75) is 119 Å². The minimum absolute atomic E-state index is 0.0175. The van der Waals surface area contributed by atoms with Crippen molar-refractivity contribution in [3.05, 3.63) is 81.9 Å². The van der Waals surface area contributed by atoms with Crippen molar-refractivity contribution in [1.82, 2.24) is 0 Å². The van der Waals surface area contributed by atoms with Crippen molar-refractivity contribution in [2.24, 2.45) is 46.3 Å². The lowest BCUT2D eigenvalue weighted by Gasteiger charge is -2.62. The van der Waals surface area contributed by atoms with E-state index in [1.54, 1.807) is 20.8 Å². The van der Waals surface area contributed by atoms with Crippen LogP contribution in [0.1, 0.15) is 133 Å². The standard InChI is InChI=1S/C47H58O7/c1-25(2)15-16-30(19-29-13-11-10-12-14-29)20-31-17-18-32(21-31)34-22-33(26(3)4)35-23-45(8)24-46(9)38(27(5)6)41(50)36(28(7)48)43(52)47(46,54)44(53)39(45)42(51)37(35)40(34)49/h10-14,17-18,22,25-27,30,36,38-39,49,54H,15-16,19-21,23-24H2,1-9H3/t30?,36?,38?,39?,45-,46-,47+/m1/s1. The molecule has 0 aliphatic heterocycles. The number of phenols is 1. The van der Waals surface area contributed by atoms with Crippen LogP contribution in [0.25, 0.3) is 5.57 Å². The molecular formula is C47H58O7. The average Bonchev–Trinajstić information content (AvgIpc) is 3.53. The maximum absolute atomic E-state index is 14.9. The molecule has 0 aromatic heterocycles. The first-order chi connectivity index (χ1) is 25.3. The minimum Gasteiger partial charge on any atom is -0.507 e. The van der Waals surface area contributed by atoms with E-state index in [0.29, 0.717) is 29.4 Å². The van der Waals surface area contributed by atoms with E-state index in [0.717, 1.165) is 43.7 Å². The number of aliphatic hydroxyl groups is 1. The third-order valence-electron chi connectivity index (χ3n) is 13.4. The van der Waals surface area contributed by atoms with Crippen LogP contribution in [0, 0.1) is 46.3 Å². The number of allylic oxidation sites excluding steroid dienone is 4. The van der Waals surface area contributed by atoms with Crippen molar-refractivity contribution >= 4 is 34.5 Å². The fourth-order valence-corrected chi connectivity index (χ4v) is 11.1. The Morgan fingerprint density at radius 1 is 0.907 bits per heavy atom. The number of fused-ring (bicyclic) bond motifs is 3. The van der Waals surface area contributed by atoms with Gasteiger partial charge in [0, 0.05) is 16.9 Å². The van der Waals surface area contributed by atoms with Gasteiger partial charge in [0.1, 0.15) is 17.5 Å². The summed E-state index contributed by atoms with van der Waals surface area (Å²) < 4.78 is 0. The maximum atomic E-state index is 14.9. The van der Waals surface area contributed by atoms with E-state index < -0.39 is 63.1 Å². The molecule has 6 rings (SSSR count).